The van der Waals surface area contributed by atoms with Crippen molar-refractivity contribution in [1.82, 2.24) is 0 Å². The van der Waals surface area contributed by atoms with Crippen molar-refractivity contribution in [1.29, 1.82) is 0 Å². The van der Waals surface area contributed by atoms with Gasteiger partial charge in [-0.05, 0) is 25.7 Å². The van der Waals surface area contributed by atoms with Gasteiger partial charge in [-0.15, -0.1) is 18.4 Å². The van der Waals surface area contributed by atoms with Crippen LogP contribution in [0.15, 0.2) is 12.7 Å². The molecule has 0 atom stereocenters. The maximum Gasteiger partial charge on any atom is 0.00886 e. The third-order valence-corrected chi connectivity index (χ3v) is 1.71. The highest BCUT2D eigenvalue weighted by Gasteiger charge is 1.84. The molecule has 0 aliphatic heterocycles. The average Bonchev–Trinajstić information content (AvgIpc) is 2.10. The first-order valence-corrected chi connectivity index (χ1v) is 4.98. The predicted molar refractivity (Wildman–Crippen MR) is 56.0 cm³/mol. The van der Waals surface area contributed by atoms with Gasteiger partial charge < -0.3 is 0 Å². The molecule has 0 bridgehead atoms. The Labute approximate surface area is 77.1 Å². The molecular formula is C12H20. The molecule has 0 rings (SSSR count). The number of hydrogen-bond acceptors (Lipinski definition) is 0. The Kier molecular flexibility index (Phi) is 9.70. The molecule has 68 valence electrons. The van der Waals surface area contributed by atoms with E-state index in [-0.39, 0.29) is 0 Å². The van der Waals surface area contributed by atoms with E-state index in [9.17, 15) is 0 Å². The van der Waals surface area contributed by atoms with Crippen LogP contribution in [0.5, 0.6) is 0 Å². The summed E-state index contributed by atoms with van der Waals surface area (Å²) in [6, 6.07) is 0. The van der Waals surface area contributed by atoms with Gasteiger partial charge in [-0.1, -0.05) is 19.4 Å². The van der Waals surface area contributed by atoms with E-state index in [1.807, 2.05) is 6.08 Å². The van der Waals surface area contributed by atoms with Gasteiger partial charge in [0, 0.05) is 12.8 Å². The lowest BCUT2D eigenvalue weighted by Gasteiger charge is -1.92. The fraction of sp³-hybridized carbons (Fsp3) is 0.667. The molecule has 0 amide bonds. The Morgan fingerprint density at radius 1 is 1.08 bits per heavy atom. The molecule has 0 saturated heterocycles. The van der Waals surface area contributed by atoms with E-state index >= 15 is 0 Å². The van der Waals surface area contributed by atoms with Crippen molar-refractivity contribution in [3.8, 4) is 11.8 Å². The molecule has 0 heteroatoms. The van der Waals surface area contributed by atoms with Crippen LogP contribution in [-0.4, -0.2) is 0 Å². The Morgan fingerprint density at radius 2 is 1.83 bits per heavy atom. The van der Waals surface area contributed by atoms with Crippen molar-refractivity contribution < 1.29 is 0 Å². The third kappa shape index (κ3) is 9.30. The maximum atomic E-state index is 3.69. The zero-order valence-corrected chi connectivity index (χ0v) is 8.23. The third-order valence-electron chi connectivity index (χ3n) is 1.71. The molecule has 0 saturated carbocycles. The molecule has 0 heterocycles. The monoisotopic (exact) mass is 164 g/mol. The smallest absolute Gasteiger partial charge is 0.00886 e. The SMILES string of the molecule is C=CCCCCCC#CCCC. The second kappa shape index (κ2) is 10.3. The molecule has 0 aromatic rings. The summed E-state index contributed by atoms with van der Waals surface area (Å²) in [6.07, 6.45) is 10.3. The summed E-state index contributed by atoms with van der Waals surface area (Å²) in [6.45, 7) is 5.86. The van der Waals surface area contributed by atoms with Crippen LogP contribution in [0.3, 0.4) is 0 Å². The highest BCUT2D eigenvalue weighted by Crippen LogP contribution is 2.02. The molecule has 0 N–H and O–H groups in total. The van der Waals surface area contributed by atoms with E-state index < -0.39 is 0 Å². The second-order valence-corrected chi connectivity index (χ2v) is 2.99. The van der Waals surface area contributed by atoms with Gasteiger partial charge in [0.2, 0.25) is 0 Å². The molecule has 0 aromatic carbocycles. The van der Waals surface area contributed by atoms with Crippen molar-refractivity contribution in [2.75, 3.05) is 0 Å². The second-order valence-electron chi connectivity index (χ2n) is 2.99. The first kappa shape index (κ1) is 11.3. The Bertz CT molecular complexity index is 145. The summed E-state index contributed by atoms with van der Waals surface area (Å²) in [4.78, 5) is 0. The summed E-state index contributed by atoms with van der Waals surface area (Å²) < 4.78 is 0. The topological polar surface area (TPSA) is 0 Å². The molecule has 0 aromatic heterocycles. The quantitative estimate of drug-likeness (QED) is 0.317. The van der Waals surface area contributed by atoms with Gasteiger partial charge in [0.25, 0.3) is 0 Å². The summed E-state index contributed by atoms with van der Waals surface area (Å²) in [5.41, 5.74) is 0. The van der Waals surface area contributed by atoms with Gasteiger partial charge in [0.1, 0.15) is 0 Å². The average molecular weight is 164 g/mol. The lowest BCUT2D eigenvalue weighted by atomic mass is 10.1. The van der Waals surface area contributed by atoms with Gasteiger partial charge in [-0.2, -0.15) is 0 Å². The van der Waals surface area contributed by atoms with E-state index in [1.54, 1.807) is 0 Å². The molecule has 0 unspecified atom stereocenters. The normalized spacial score (nSPS) is 8.75. The Morgan fingerprint density at radius 3 is 2.50 bits per heavy atom. The van der Waals surface area contributed by atoms with Crippen LogP contribution in [0, 0.1) is 11.8 Å². The van der Waals surface area contributed by atoms with Crippen molar-refractivity contribution in [3.05, 3.63) is 12.7 Å². The van der Waals surface area contributed by atoms with E-state index in [0.29, 0.717) is 0 Å². The molecular weight excluding hydrogens is 144 g/mol. The van der Waals surface area contributed by atoms with Gasteiger partial charge in [0.05, 0.1) is 0 Å². The standard InChI is InChI=1S/C12H20/c1-3-5-7-9-11-12-10-8-6-4-2/h3H,1,4-7,9,11-12H2,2H3. The number of hydrogen-bond donors (Lipinski definition) is 0. The Hall–Kier alpha value is -0.700. The first-order chi connectivity index (χ1) is 5.91. The number of unbranched alkanes of at least 4 members (excludes halogenated alkanes) is 5. The number of rotatable bonds is 6. The zero-order chi connectivity index (χ0) is 9.07. The van der Waals surface area contributed by atoms with Crippen LogP contribution < -0.4 is 0 Å². The summed E-state index contributed by atoms with van der Waals surface area (Å²) in [7, 11) is 0. The van der Waals surface area contributed by atoms with E-state index in [0.717, 1.165) is 19.3 Å². The zero-order valence-electron chi connectivity index (χ0n) is 8.23. The number of allylic oxidation sites excluding steroid dienone is 1. The van der Waals surface area contributed by atoms with Crippen molar-refractivity contribution in [2.45, 2.75) is 51.9 Å². The van der Waals surface area contributed by atoms with E-state index in [2.05, 4.69) is 25.3 Å². The highest BCUT2D eigenvalue weighted by molar-refractivity contribution is 4.98. The summed E-state index contributed by atoms with van der Waals surface area (Å²) in [5, 5.41) is 0. The highest BCUT2D eigenvalue weighted by atomic mass is 13.9. The summed E-state index contributed by atoms with van der Waals surface area (Å²) in [5.74, 6) is 6.34. The minimum atomic E-state index is 1.06. The van der Waals surface area contributed by atoms with Crippen LogP contribution in [-0.2, 0) is 0 Å². The van der Waals surface area contributed by atoms with Gasteiger partial charge in [-0.25, -0.2) is 0 Å². The van der Waals surface area contributed by atoms with Crippen molar-refractivity contribution in [3.63, 3.8) is 0 Å². The summed E-state index contributed by atoms with van der Waals surface area (Å²) >= 11 is 0. The molecule has 0 nitrogen and oxygen atoms in total. The van der Waals surface area contributed by atoms with Gasteiger partial charge >= 0.3 is 0 Å². The molecule has 0 fully saturated rings. The molecule has 0 aliphatic rings. The van der Waals surface area contributed by atoms with E-state index in [1.165, 1.54) is 25.7 Å². The van der Waals surface area contributed by atoms with Crippen molar-refractivity contribution in [2.24, 2.45) is 0 Å². The molecule has 0 radical (unpaired) electrons. The van der Waals surface area contributed by atoms with Crippen LogP contribution >= 0.6 is 0 Å². The Balaban J connectivity index is 3.00. The lowest BCUT2D eigenvalue weighted by Crippen LogP contribution is -1.74. The van der Waals surface area contributed by atoms with Crippen molar-refractivity contribution >= 4 is 0 Å². The lowest BCUT2D eigenvalue weighted by molar-refractivity contribution is 0.702. The molecule has 12 heavy (non-hydrogen) atoms. The largest absolute Gasteiger partial charge is 0.103 e. The predicted octanol–water partition coefficient (Wildman–Crippen LogP) is 3.93. The van der Waals surface area contributed by atoms with Crippen LogP contribution in [0.4, 0.5) is 0 Å². The van der Waals surface area contributed by atoms with Gasteiger partial charge in [0.15, 0.2) is 0 Å². The fourth-order valence-corrected chi connectivity index (χ4v) is 0.981. The van der Waals surface area contributed by atoms with Gasteiger partial charge in [-0.3, -0.25) is 0 Å². The molecule has 0 aliphatic carbocycles. The maximum absolute atomic E-state index is 3.69. The minimum absolute atomic E-state index is 1.06. The van der Waals surface area contributed by atoms with Crippen LogP contribution in [0.1, 0.15) is 51.9 Å². The minimum Gasteiger partial charge on any atom is -0.103 e. The first-order valence-electron chi connectivity index (χ1n) is 4.98. The van der Waals surface area contributed by atoms with E-state index in [4.69, 9.17) is 0 Å². The fourth-order valence-electron chi connectivity index (χ4n) is 0.981. The molecule has 0 spiro atoms. The van der Waals surface area contributed by atoms with Crippen LogP contribution in [0.2, 0.25) is 0 Å². The van der Waals surface area contributed by atoms with Crippen LogP contribution in [0.25, 0.3) is 0 Å².